The molecule has 2 heteroatoms. The Kier molecular flexibility index (Phi) is 7.38. The number of nitrogens with two attached hydrogens (primary N) is 1. The summed E-state index contributed by atoms with van der Waals surface area (Å²) in [5.41, 5.74) is 5.73. The van der Waals surface area contributed by atoms with Crippen molar-refractivity contribution in [2.24, 2.45) is 29.4 Å². The van der Waals surface area contributed by atoms with Crippen LogP contribution in [0, 0.1) is 23.7 Å². The number of nitrogens with zero attached hydrogens (tertiary/aromatic N) is 1. The van der Waals surface area contributed by atoms with E-state index in [1.54, 1.807) is 0 Å². The Morgan fingerprint density at radius 1 is 1.16 bits per heavy atom. The van der Waals surface area contributed by atoms with Gasteiger partial charge in [-0.05, 0) is 69.4 Å². The molecule has 1 heterocycles. The first kappa shape index (κ1) is 17.0. The Bertz CT molecular complexity index is 239. The first-order valence-electron chi connectivity index (χ1n) is 8.39. The lowest BCUT2D eigenvalue weighted by atomic mass is 9.85. The molecule has 2 nitrogen and oxygen atoms in total. The van der Waals surface area contributed by atoms with Crippen LogP contribution in [0.15, 0.2) is 0 Å². The molecule has 4 atom stereocenters. The molecule has 114 valence electrons. The third-order valence-electron chi connectivity index (χ3n) is 5.22. The maximum atomic E-state index is 5.73. The second-order valence-corrected chi connectivity index (χ2v) is 7.28. The zero-order valence-electron chi connectivity index (χ0n) is 13.9. The Labute approximate surface area is 121 Å². The maximum Gasteiger partial charge on any atom is 0.00927 e. The summed E-state index contributed by atoms with van der Waals surface area (Å²) in [5, 5.41) is 0. The third kappa shape index (κ3) is 5.43. The Hall–Kier alpha value is -0.0800. The van der Waals surface area contributed by atoms with E-state index in [-0.39, 0.29) is 0 Å². The fourth-order valence-corrected chi connectivity index (χ4v) is 3.71. The van der Waals surface area contributed by atoms with Crippen molar-refractivity contribution < 1.29 is 0 Å². The van der Waals surface area contributed by atoms with Crippen molar-refractivity contribution in [2.75, 3.05) is 19.6 Å². The van der Waals surface area contributed by atoms with Crippen LogP contribution < -0.4 is 5.73 Å². The average molecular weight is 268 g/mol. The lowest BCUT2D eigenvalue weighted by molar-refractivity contribution is 0.0761. The number of piperidine rings is 1. The van der Waals surface area contributed by atoms with Crippen LogP contribution in [0.2, 0.25) is 0 Å². The van der Waals surface area contributed by atoms with Crippen LogP contribution in [0.4, 0.5) is 0 Å². The van der Waals surface area contributed by atoms with Gasteiger partial charge in [0.25, 0.3) is 0 Å². The molecule has 4 unspecified atom stereocenters. The van der Waals surface area contributed by atoms with E-state index in [2.05, 4.69) is 39.5 Å². The van der Waals surface area contributed by atoms with E-state index in [9.17, 15) is 0 Å². The predicted molar refractivity (Wildman–Crippen MR) is 85.2 cm³/mol. The quantitative estimate of drug-likeness (QED) is 0.762. The minimum atomic E-state index is 0.767. The van der Waals surface area contributed by atoms with E-state index in [1.165, 1.54) is 38.8 Å². The van der Waals surface area contributed by atoms with Crippen LogP contribution in [0.25, 0.3) is 0 Å². The molecule has 19 heavy (non-hydrogen) atoms. The number of hydrogen-bond donors (Lipinski definition) is 1. The molecule has 0 amide bonds. The Balaban J connectivity index is 2.34. The topological polar surface area (TPSA) is 29.3 Å². The summed E-state index contributed by atoms with van der Waals surface area (Å²) >= 11 is 0. The largest absolute Gasteiger partial charge is 0.330 e. The van der Waals surface area contributed by atoms with E-state index in [1.807, 2.05) is 0 Å². The molecule has 1 rings (SSSR count). The molecule has 0 saturated carbocycles. The highest BCUT2D eigenvalue weighted by molar-refractivity contribution is 4.82. The molecule has 1 fully saturated rings. The van der Waals surface area contributed by atoms with Gasteiger partial charge in [-0.25, -0.2) is 0 Å². The Morgan fingerprint density at radius 3 is 2.42 bits per heavy atom. The fourth-order valence-electron chi connectivity index (χ4n) is 3.71. The average Bonchev–Trinajstić information content (AvgIpc) is 2.33. The van der Waals surface area contributed by atoms with Crippen LogP contribution in [0.5, 0.6) is 0 Å². The van der Waals surface area contributed by atoms with Gasteiger partial charge >= 0.3 is 0 Å². The van der Waals surface area contributed by atoms with Crippen molar-refractivity contribution in [1.82, 2.24) is 4.90 Å². The summed E-state index contributed by atoms with van der Waals surface area (Å²) < 4.78 is 0. The first-order valence-corrected chi connectivity index (χ1v) is 8.39. The second kappa shape index (κ2) is 8.26. The summed E-state index contributed by atoms with van der Waals surface area (Å²) in [5.74, 6) is 3.32. The molecule has 2 N–H and O–H groups in total. The SMILES string of the molecule is CC1CC(C)C(C)N(CCCC(CCN)C(C)C)C1. The van der Waals surface area contributed by atoms with Crippen LogP contribution >= 0.6 is 0 Å². The normalized spacial score (nSPS) is 30.8. The van der Waals surface area contributed by atoms with E-state index in [4.69, 9.17) is 5.73 Å². The summed E-state index contributed by atoms with van der Waals surface area (Å²) in [6, 6.07) is 0.767. The van der Waals surface area contributed by atoms with Crippen LogP contribution in [0.1, 0.15) is 60.3 Å². The molecule has 0 aliphatic carbocycles. The van der Waals surface area contributed by atoms with Crippen LogP contribution in [-0.4, -0.2) is 30.6 Å². The molecule has 0 aromatic rings. The fraction of sp³-hybridized carbons (Fsp3) is 1.00. The second-order valence-electron chi connectivity index (χ2n) is 7.28. The van der Waals surface area contributed by atoms with Gasteiger partial charge in [0, 0.05) is 12.6 Å². The molecular formula is C17H36N2. The lowest BCUT2D eigenvalue weighted by Crippen LogP contribution is -2.46. The highest BCUT2D eigenvalue weighted by Crippen LogP contribution is 2.28. The third-order valence-corrected chi connectivity index (χ3v) is 5.22. The van der Waals surface area contributed by atoms with Crippen molar-refractivity contribution in [1.29, 1.82) is 0 Å². The summed E-state index contributed by atoms with van der Waals surface area (Å²) in [7, 11) is 0. The predicted octanol–water partition coefficient (Wildman–Crippen LogP) is 3.75. The summed E-state index contributed by atoms with van der Waals surface area (Å²) in [6.07, 6.45) is 5.28. The van der Waals surface area contributed by atoms with E-state index in [0.29, 0.717) is 0 Å². The van der Waals surface area contributed by atoms with Gasteiger partial charge in [-0.1, -0.05) is 27.7 Å². The monoisotopic (exact) mass is 268 g/mol. The Morgan fingerprint density at radius 2 is 1.84 bits per heavy atom. The highest BCUT2D eigenvalue weighted by Gasteiger charge is 2.28. The number of rotatable bonds is 7. The maximum absolute atomic E-state index is 5.73. The van der Waals surface area contributed by atoms with Gasteiger partial charge in [-0.2, -0.15) is 0 Å². The summed E-state index contributed by atoms with van der Waals surface area (Å²) in [4.78, 5) is 2.72. The van der Waals surface area contributed by atoms with Crippen molar-refractivity contribution in [3.05, 3.63) is 0 Å². The van der Waals surface area contributed by atoms with Gasteiger partial charge in [0.1, 0.15) is 0 Å². The van der Waals surface area contributed by atoms with Crippen molar-refractivity contribution >= 4 is 0 Å². The first-order chi connectivity index (χ1) is 8.95. The standard InChI is InChI=1S/C17H36N2/c1-13(2)17(8-9-18)7-6-10-19-12-14(3)11-15(4)16(19)5/h13-17H,6-12,18H2,1-5H3. The smallest absolute Gasteiger partial charge is 0.00927 e. The molecule has 1 saturated heterocycles. The zero-order chi connectivity index (χ0) is 14.4. The molecule has 0 bridgehead atoms. The van der Waals surface area contributed by atoms with Gasteiger partial charge in [-0.3, -0.25) is 0 Å². The molecule has 0 aromatic heterocycles. The molecule has 1 aliphatic heterocycles. The van der Waals surface area contributed by atoms with E-state index in [0.717, 1.165) is 36.3 Å². The summed E-state index contributed by atoms with van der Waals surface area (Å²) in [6.45, 7) is 15.3. The molecule has 1 aliphatic rings. The van der Waals surface area contributed by atoms with E-state index < -0.39 is 0 Å². The van der Waals surface area contributed by atoms with Gasteiger partial charge in [-0.15, -0.1) is 0 Å². The van der Waals surface area contributed by atoms with Gasteiger partial charge in [0.2, 0.25) is 0 Å². The van der Waals surface area contributed by atoms with Crippen molar-refractivity contribution in [3.63, 3.8) is 0 Å². The molecule has 0 radical (unpaired) electrons. The lowest BCUT2D eigenvalue weighted by Gasteiger charge is -2.41. The number of likely N-dealkylation sites (tertiary alicyclic amines) is 1. The van der Waals surface area contributed by atoms with Gasteiger partial charge in [0.15, 0.2) is 0 Å². The number of hydrogen-bond acceptors (Lipinski definition) is 2. The highest BCUT2D eigenvalue weighted by atomic mass is 15.2. The zero-order valence-corrected chi connectivity index (χ0v) is 13.9. The minimum Gasteiger partial charge on any atom is -0.330 e. The van der Waals surface area contributed by atoms with Gasteiger partial charge < -0.3 is 10.6 Å². The molecule has 0 spiro atoms. The van der Waals surface area contributed by atoms with Crippen molar-refractivity contribution in [3.8, 4) is 0 Å². The van der Waals surface area contributed by atoms with Gasteiger partial charge in [0.05, 0.1) is 0 Å². The molecular weight excluding hydrogens is 232 g/mol. The van der Waals surface area contributed by atoms with Crippen LogP contribution in [0.3, 0.4) is 0 Å². The molecule has 0 aromatic carbocycles. The van der Waals surface area contributed by atoms with Crippen molar-refractivity contribution in [2.45, 2.75) is 66.3 Å². The van der Waals surface area contributed by atoms with Crippen LogP contribution in [-0.2, 0) is 0 Å². The minimum absolute atomic E-state index is 0.767. The van der Waals surface area contributed by atoms with E-state index >= 15 is 0 Å².